The molecule has 0 radical (unpaired) electrons. The SMILES string of the molecule is CCN1CCN(C(=O)CC(C)(C)C)CC1.CN1CCCC(C(C)(C)C)C1.CN1CCCC1CC(C)(C)C.CN1CCC[C@@H]1CC(C)(C)C.CN1CCC[C@H]1CC(C)(C)C. The lowest BCUT2D eigenvalue weighted by atomic mass is 9.76. The van der Waals surface area contributed by atoms with Crippen LogP contribution in [0.4, 0.5) is 0 Å². The second-order valence-corrected chi connectivity index (χ2v) is 25.6. The first-order chi connectivity index (χ1) is 26.9. The molecule has 59 heavy (non-hydrogen) atoms. The van der Waals surface area contributed by atoms with Crippen LogP contribution in [0.25, 0.3) is 0 Å². The quantitative estimate of drug-likeness (QED) is 0.275. The van der Waals surface area contributed by atoms with Crippen LogP contribution >= 0.6 is 0 Å². The number of carbonyl (C=O) groups excluding carboxylic acids is 1. The Morgan fingerprint density at radius 1 is 0.475 bits per heavy atom. The second-order valence-electron chi connectivity index (χ2n) is 25.6. The molecule has 2 unspecified atom stereocenters. The van der Waals surface area contributed by atoms with Gasteiger partial charge in [-0.25, -0.2) is 0 Å². The highest BCUT2D eigenvalue weighted by atomic mass is 16.2. The minimum atomic E-state index is 0.110. The molecule has 7 nitrogen and oxygen atoms in total. The molecule has 0 saturated carbocycles. The van der Waals surface area contributed by atoms with Crippen molar-refractivity contribution in [2.24, 2.45) is 33.0 Å². The van der Waals surface area contributed by atoms with Gasteiger partial charge in [0.15, 0.2) is 0 Å². The molecule has 0 bridgehead atoms. The Hall–Kier alpha value is -0.730. The van der Waals surface area contributed by atoms with Crippen LogP contribution in [0.2, 0.25) is 0 Å². The highest BCUT2D eigenvalue weighted by molar-refractivity contribution is 5.76. The fourth-order valence-corrected chi connectivity index (χ4v) is 9.58. The molecular formula is C52H108N6O. The van der Waals surface area contributed by atoms with E-state index >= 15 is 0 Å². The summed E-state index contributed by atoms with van der Waals surface area (Å²) in [6.07, 6.45) is 16.0. The predicted octanol–water partition coefficient (Wildman–Crippen LogP) is 11.5. The van der Waals surface area contributed by atoms with Gasteiger partial charge in [0, 0.05) is 57.3 Å². The van der Waals surface area contributed by atoms with E-state index in [2.05, 4.69) is 163 Å². The molecule has 4 atom stereocenters. The van der Waals surface area contributed by atoms with Gasteiger partial charge in [-0.05, 0) is 165 Å². The largest absolute Gasteiger partial charge is 0.340 e. The summed E-state index contributed by atoms with van der Waals surface area (Å²) in [6.45, 7) is 48.1. The van der Waals surface area contributed by atoms with Gasteiger partial charge in [0.1, 0.15) is 0 Å². The van der Waals surface area contributed by atoms with Crippen LogP contribution in [0.15, 0.2) is 0 Å². The third-order valence-corrected chi connectivity index (χ3v) is 13.3. The molecule has 5 fully saturated rings. The van der Waals surface area contributed by atoms with Crippen LogP contribution in [0.5, 0.6) is 0 Å². The first-order valence-electron chi connectivity index (χ1n) is 24.7. The summed E-state index contributed by atoms with van der Waals surface area (Å²) in [6, 6.07) is 2.57. The van der Waals surface area contributed by atoms with Gasteiger partial charge in [0.2, 0.25) is 5.91 Å². The van der Waals surface area contributed by atoms with Crippen LogP contribution in [0, 0.1) is 33.0 Å². The van der Waals surface area contributed by atoms with E-state index < -0.39 is 0 Å². The third-order valence-electron chi connectivity index (χ3n) is 13.3. The van der Waals surface area contributed by atoms with Gasteiger partial charge >= 0.3 is 0 Å². The van der Waals surface area contributed by atoms with Crippen molar-refractivity contribution >= 4 is 5.91 Å². The van der Waals surface area contributed by atoms with Crippen molar-refractivity contribution in [3.8, 4) is 0 Å². The Balaban J connectivity index is 0.000000371. The van der Waals surface area contributed by atoms with Gasteiger partial charge in [0.05, 0.1) is 0 Å². The molecule has 5 rings (SSSR count). The standard InChI is InChI=1S/C12H24N2O.4C10H21N/c1-5-13-6-8-14(9-7-13)11(15)10-12(2,3)4;1-10(2,3)9-6-5-7-11(4)8-9;3*1-10(2,3)8-9-6-5-7-11(9)4/h5-10H2,1-4H3;4*9H,5-8H2,1-4H3/t;;2*9-;/m..10./s1. The monoisotopic (exact) mass is 833 g/mol. The van der Waals surface area contributed by atoms with Crippen molar-refractivity contribution in [2.45, 2.75) is 206 Å². The highest BCUT2D eigenvalue weighted by Gasteiger charge is 2.29. The summed E-state index contributed by atoms with van der Waals surface area (Å²) in [4.78, 5) is 26.3. The Morgan fingerprint density at radius 2 is 0.831 bits per heavy atom. The molecule has 352 valence electrons. The molecule has 0 N–H and O–H groups in total. The fourth-order valence-electron chi connectivity index (χ4n) is 9.58. The summed E-state index contributed by atoms with van der Waals surface area (Å²) in [5.74, 6) is 1.22. The molecule has 5 aliphatic heterocycles. The zero-order chi connectivity index (χ0) is 45.4. The summed E-state index contributed by atoms with van der Waals surface area (Å²) in [5, 5.41) is 0. The van der Waals surface area contributed by atoms with Crippen molar-refractivity contribution in [2.75, 3.05) is 93.6 Å². The van der Waals surface area contributed by atoms with Crippen molar-refractivity contribution in [3.05, 3.63) is 0 Å². The number of piperidine rings is 1. The zero-order valence-electron chi connectivity index (χ0n) is 44.0. The molecule has 5 saturated heterocycles. The van der Waals surface area contributed by atoms with Gasteiger partial charge in [-0.15, -0.1) is 0 Å². The van der Waals surface area contributed by atoms with Gasteiger partial charge in [-0.3, -0.25) is 4.79 Å². The molecule has 0 aromatic carbocycles. The first kappa shape index (κ1) is 56.3. The Kier molecular flexibility index (Phi) is 24.4. The molecule has 0 aromatic heterocycles. The molecule has 5 aliphatic rings. The Labute approximate surface area is 371 Å². The van der Waals surface area contributed by atoms with Crippen LogP contribution in [-0.2, 0) is 4.79 Å². The van der Waals surface area contributed by atoms with E-state index in [1.165, 1.54) is 103 Å². The van der Waals surface area contributed by atoms with Gasteiger partial charge in [-0.2, -0.15) is 0 Å². The molecule has 0 aliphatic carbocycles. The predicted molar refractivity (Wildman–Crippen MR) is 262 cm³/mol. The smallest absolute Gasteiger partial charge is 0.223 e. The van der Waals surface area contributed by atoms with E-state index in [4.69, 9.17) is 0 Å². The molecule has 7 heteroatoms. The zero-order valence-corrected chi connectivity index (χ0v) is 44.0. The second kappa shape index (κ2) is 25.5. The highest BCUT2D eigenvalue weighted by Crippen LogP contribution is 2.33. The average Bonchev–Trinajstić information content (AvgIpc) is 3.80. The summed E-state index contributed by atoms with van der Waals surface area (Å²) in [5.41, 5.74) is 2.13. The molecule has 5 heterocycles. The maximum absolute atomic E-state index is 11.9. The number of hydrogen-bond acceptors (Lipinski definition) is 6. The normalized spacial score (nSPS) is 25.9. The number of likely N-dealkylation sites (tertiary alicyclic amines) is 4. The summed E-state index contributed by atoms with van der Waals surface area (Å²) < 4.78 is 0. The Bertz CT molecular complexity index is 1040. The maximum atomic E-state index is 11.9. The van der Waals surface area contributed by atoms with Crippen molar-refractivity contribution < 1.29 is 4.79 Å². The lowest BCUT2D eigenvalue weighted by molar-refractivity contribution is -0.134. The average molecular weight is 833 g/mol. The maximum Gasteiger partial charge on any atom is 0.223 e. The van der Waals surface area contributed by atoms with E-state index in [1.807, 2.05) is 4.90 Å². The number of likely N-dealkylation sites (N-methyl/N-ethyl adjacent to an activating group) is 1. The van der Waals surface area contributed by atoms with E-state index in [-0.39, 0.29) is 5.41 Å². The van der Waals surface area contributed by atoms with Crippen molar-refractivity contribution in [1.82, 2.24) is 29.4 Å². The van der Waals surface area contributed by atoms with Crippen LogP contribution in [-0.4, -0.2) is 147 Å². The number of piperazine rings is 1. The van der Waals surface area contributed by atoms with Gasteiger partial charge in [-0.1, -0.05) is 111 Å². The fraction of sp³-hybridized carbons (Fsp3) is 0.981. The summed E-state index contributed by atoms with van der Waals surface area (Å²) in [7, 11) is 8.99. The van der Waals surface area contributed by atoms with Crippen molar-refractivity contribution in [3.63, 3.8) is 0 Å². The van der Waals surface area contributed by atoms with E-state index in [1.54, 1.807) is 0 Å². The number of hydrogen-bond donors (Lipinski definition) is 0. The summed E-state index contributed by atoms with van der Waals surface area (Å²) >= 11 is 0. The third kappa shape index (κ3) is 26.5. The van der Waals surface area contributed by atoms with E-state index in [0.29, 0.717) is 34.0 Å². The van der Waals surface area contributed by atoms with E-state index in [0.717, 1.165) is 56.8 Å². The number of carbonyl (C=O) groups is 1. The lowest BCUT2D eigenvalue weighted by Gasteiger charge is -2.38. The van der Waals surface area contributed by atoms with Crippen LogP contribution < -0.4 is 0 Å². The Morgan fingerprint density at radius 3 is 1.07 bits per heavy atom. The number of amides is 1. The molecule has 1 amide bonds. The molecule has 0 spiro atoms. The number of nitrogens with zero attached hydrogens (tertiary/aromatic N) is 6. The number of rotatable bonds is 5. The molecule has 0 aromatic rings. The first-order valence-corrected chi connectivity index (χ1v) is 24.7. The van der Waals surface area contributed by atoms with Crippen LogP contribution in [0.3, 0.4) is 0 Å². The minimum absolute atomic E-state index is 0.110. The van der Waals surface area contributed by atoms with Gasteiger partial charge in [0.25, 0.3) is 0 Å². The van der Waals surface area contributed by atoms with Crippen LogP contribution in [0.1, 0.15) is 188 Å². The topological polar surface area (TPSA) is 36.5 Å². The molecular weight excluding hydrogens is 725 g/mol. The van der Waals surface area contributed by atoms with Gasteiger partial charge < -0.3 is 29.4 Å². The lowest BCUT2D eigenvalue weighted by Crippen LogP contribution is -2.49. The van der Waals surface area contributed by atoms with E-state index in [9.17, 15) is 4.79 Å². The van der Waals surface area contributed by atoms with Crippen molar-refractivity contribution in [1.29, 1.82) is 0 Å². The minimum Gasteiger partial charge on any atom is -0.340 e.